The summed E-state index contributed by atoms with van der Waals surface area (Å²) in [6.07, 6.45) is 0. The Morgan fingerprint density at radius 1 is 0.966 bits per heavy atom. The van der Waals surface area contributed by atoms with Gasteiger partial charge in [-0.2, -0.15) is 5.10 Å². The number of anilines is 2. The molecule has 2 amide bonds. The lowest BCUT2D eigenvalue weighted by molar-refractivity contribution is -0.136. The fourth-order valence-corrected chi connectivity index (χ4v) is 3.69. The largest absolute Gasteiger partial charge is 0.461 e. The van der Waals surface area contributed by atoms with Gasteiger partial charge in [0.2, 0.25) is 5.91 Å². The number of esters is 1. The third-order valence-corrected chi connectivity index (χ3v) is 5.21. The smallest absolute Gasteiger partial charge is 0.355 e. The number of hydrazone groups is 1. The highest BCUT2D eigenvalue weighted by Crippen LogP contribution is 2.38. The summed E-state index contributed by atoms with van der Waals surface area (Å²) in [5, 5.41) is 6.64. The molecule has 0 N–H and O–H groups in total. The highest BCUT2D eigenvalue weighted by molar-refractivity contribution is 6.47. The Morgan fingerprint density at radius 2 is 1.52 bits per heavy atom. The molecule has 29 heavy (non-hydrogen) atoms. The molecule has 2 aliphatic heterocycles. The highest BCUT2D eigenvalue weighted by Gasteiger charge is 2.59. The van der Waals surface area contributed by atoms with Gasteiger partial charge in [-0.25, -0.2) is 9.69 Å². The average molecular weight is 432 g/mol. The number of benzene rings is 2. The van der Waals surface area contributed by atoms with Crippen molar-refractivity contribution in [2.75, 3.05) is 16.5 Å². The third-order valence-electron chi connectivity index (χ3n) is 4.71. The second-order valence-corrected chi connectivity index (χ2v) is 7.31. The summed E-state index contributed by atoms with van der Waals surface area (Å²) in [6, 6.07) is 12.0. The molecule has 0 spiro atoms. The molecule has 148 valence electrons. The lowest BCUT2D eigenvalue weighted by Gasteiger charge is -2.22. The van der Waals surface area contributed by atoms with Crippen LogP contribution in [0.3, 0.4) is 0 Å². The van der Waals surface area contributed by atoms with E-state index in [1.807, 2.05) is 0 Å². The van der Waals surface area contributed by atoms with Gasteiger partial charge in [-0.05, 0) is 55.5 Å². The lowest BCUT2D eigenvalue weighted by Crippen LogP contribution is -2.39. The molecule has 0 aliphatic carbocycles. The molecule has 0 aromatic heterocycles. The third kappa shape index (κ3) is 3.26. The van der Waals surface area contributed by atoms with Gasteiger partial charge in [-0.15, -0.1) is 0 Å². The molecular weight excluding hydrogens is 417 g/mol. The van der Waals surface area contributed by atoms with Crippen LogP contribution in [0.5, 0.6) is 0 Å². The van der Waals surface area contributed by atoms with Crippen LogP contribution < -0.4 is 9.91 Å². The zero-order chi connectivity index (χ0) is 20.7. The van der Waals surface area contributed by atoms with Gasteiger partial charge in [0.1, 0.15) is 12.0 Å². The second-order valence-electron chi connectivity index (χ2n) is 6.44. The first-order chi connectivity index (χ1) is 13.9. The number of halogens is 2. The van der Waals surface area contributed by atoms with Crippen molar-refractivity contribution in [2.45, 2.75) is 13.0 Å². The number of hydrogen-bond donors (Lipinski definition) is 0. The van der Waals surface area contributed by atoms with E-state index in [4.69, 9.17) is 27.9 Å². The van der Waals surface area contributed by atoms with E-state index < -0.39 is 29.7 Å². The van der Waals surface area contributed by atoms with Crippen molar-refractivity contribution in [3.05, 3.63) is 58.6 Å². The summed E-state index contributed by atoms with van der Waals surface area (Å²) in [5.41, 5.74) is 0.808. The van der Waals surface area contributed by atoms with Crippen LogP contribution in [0.15, 0.2) is 53.6 Å². The maximum atomic E-state index is 13.2. The molecule has 0 bridgehead atoms. The molecule has 7 nitrogen and oxygen atoms in total. The maximum Gasteiger partial charge on any atom is 0.355 e. The van der Waals surface area contributed by atoms with Crippen LogP contribution >= 0.6 is 23.2 Å². The lowest BCUT2D eigenvalue weighted by atomic mass is 9.98. The molecule has 2 aromatic rings. The van der Waals surface area contributed by atoms with Crippen LogP contribution in [0.4, 0.5) is 11.4 Å². The first-order valence-corrected chi connectivity index (χ1v) is 9.61. The van der Waals surface area contributed by atoms with E-state index in [0.29, 0.717) is 21.4 Å². The molecule has 1 saturated heterocycles. The van der Waals surface area contributed by atoms with E-state index in [9.17, 15) is 14.4 Å². The average Bonchev–Trinajstić information content (AvgIpc) is 3.21. The number of fused-ring (bicyclic) bond motifs is 1. The van der Waals surface area contributed by atoms with E-state index in [1.165, 1.54) is 5.01 Å². The van der Waals surface area contributed by atoms with Gasteiger partial charge in [0.05, 0.1) is 18.0 Å². The highest BCUT2D eigenvalue weighted by atomic mass is 35.5. The number of hydrogen-bond acceptors (Lipinski definition) is 6. The van der Waals surface area contributed by atoms with Crippen molar-refractivity contribution in [2.24, 2.45) is 11.0 Å². The van der Waals surface area contributed by atoms with Gasteiger partial charge >= 0.3 is 5.97 Å². The van der Waals surface area contributed by atoms with Gasteiger partial charge in [-0.3, -0.25) is 14.6 Å². The Morgan fingerprint density at radius 3 is 2.07 bits per heavy atom. The summed E-state index contributed by atoms with van der Waals surface area (Å²) in [4.78, 5) is 39.9. The predicted molar refractivity (Wildman–Crippen MR) is 109 cm³/mol. The Kier molecular flexibility index (Phi) is 5.02. The van der Waals surface area contributed by atoms with Crippen molar-refractivity contribution in [1.82, 2.24) is 0 Å². The minimum absolute atomic E-state index is 0.0957. The van der Waals surface area contributed by atoms with Gasteiger partial charge < -0.3 is 4.74 Å². The zero-order valence-corrected chi connectivity index (χ0v) is 16.7. The molecule has 0 radical (unpaired) electrons. The molecule has 2 aliphatic rings. The van der Waals surface area contributed by atoms with Crippen LogP contribution in [-0.4, -0.2) is 36.1 Å². The zero-order valence-electron chi connectivity index (χ0n) is 15.2. The number of carbonyl (C=O) groups is 3. The standard InChI is InChI=1S/C20H15Cl2N3O4/c1-2-29-20(28)16-15-17(25(23-16)14-9-5-12(22)6-10-14)19(27)24(18(15)26)13-7-3-11(21)4-8-13/h3-10,15,17H,2H2,1H3/t15-,17+/m0/s1. The Hall–Kier alpha value is -2.90. The summed E-state index contributed by atoms with van der Waals surface area (Å²) < 4.78 is 5.06. The van der Waals surface area contributed by atoms with Gasteiger partial charge in [0.25, 0.3) is 5.91 Å². The molecule has 2 atom stereocenters. The predicted octanol–water partition coefficient (Wildman–Crippen LogP) is 3.29. The fourth-order valence-electron chi connectivity index (χ4n) is 3.44. The summed E-state index contributed by atoms with van der Waals surface area (Å²) in [7, 11) is 0. The number of rotatable bonds is 4. The van der Waals surface area contributed by atoms with E-state index in [-0.39, 0.29) is 12.3 Å². The van der Waals surface area contributed by atoms with E-state index >= 15 is 0 Å². The van der Waals surface area contributed by atoms with Crippen LogP contribution in [0.1, 0.15) is 6.92 Å². The number of carbonyl (C=O) groups excluding carboxylic acids is 3. The monoisotopic (exact) mass is 431 g/mol. The quantitative estimate of drug-likeness (QED) is 0.547. The minimum Gasteiger partial charge on any atom is -0.461 e. The topological polar surface area (TPSA) is 79.3 Å². The Bertz CT molecular complexity index is 1020. The Balaban J connectivity index is 1.78. The SMILES string of the molecule is CCOC(=O)C1=NN(c2ccc(Cl)cc2)[C@H]2C(=O)N(c3ccc(Cl)cc3)C(=O)[C@@H]12. The summed E-state index contributed by atoms with van der Waals surface area (Å²) in [5.74, 6) is -2.81. The van der Waals surface area contributed by atoms with Crippen molar-refractivity contribution in [3.8, 4) is 0 Å². The van der Waals surface area contributed by atoms with Crippen LogP contribution in [0, 0.1) is 5.92 Å². The normalized spacial score (nSPS) is 20.7. The molecule has 2 aromatic carbocycles. The van der Waals surface area contributed by atoms with Crippen molar-refractivity contribution < 1.29 is 19.1 Å². The summed E-state index contributed by atoms with van der Waals surface area (Å²) >= 11 is 11.9. The minimum atomic E-state index is -1.06. The number of ether oxygens (including phenoxy) is 1. The fraction of sp³-hybridized carbons (Fsp3) is 0.200. The number of amides is 2. The van der Waals surface area contributed by atoms with Gasteiger partial charge in [0.15, 0.2) is 5.71 Å². The molecule has 1 fully saturated rings. The van der Waals surface area contributed by atoms with Crippen LogP contribution in [0.25, 0.3) is 0 Å². The molecule has 2 heterocycles. The second kappa shape index (κ2) is 7.50. The molecular formula is C20H15Cl2N3O4. The van der Waals surface area contributed by atoms with Gasteiger partial charge in [0, 0.05) is 10.0 Å². The van der Waals surface area contributed by atoms with Crippen molar-refractivity contribution in [3.63, 3.8) is 0 Å². The van der Waals surface area contributed by atoms with Crippen LogP contribution in [-0.2, 0) is 19.1 Å². The van der Waals surface area contributed by atoms with Crippen molar-refractivity contribution in [1.29, 1.82) is 0 Å². The molecule has 9 heteroatoms. The number of nitrogens with zero attached hydrogens (tertiary/aromatic N) is 3. The molecule has 0 saturated carbocycles. The van der Waals surface area contributed by atoms with Gasteiger partial charge in [-0.1, -0.05) is 23.2 Å². The van der Waals surface area contributed by atoms with E-state index in [0.717, 1.165) is 4.90 Å². The first-order valence-electron chi connectivity index (χ1n) is 8.86. The van der Waals surface area contributed by atoms with Crippen LogP contribution in [0.2, 0.25) is 10.0 Å². The van der Waals surface area contributed by atoms with E-state index in [2.05, 4.69) is 5.10 Å². The molecule has 0 unspecified atom stereocenters. The van der Waals surface area contributed by atoms with Crippen molar-refractivity contribution >= 4 is 58.1 Å². The van der Waals surface area contributed by atoms with E-state index in [1.54, 1.807) is 55.5 Å². The number of imide groups is 1. The summed E-state index contributed by atoms with van der Waals surface area (Å²) in [6.45, 7) is 1.78. The molecule has 4 rings (SSSR count). The first kappa shape index (κ1) is 19.4. The maximum absolute atomic E-state index is 13.2. The Labute approximate surface area is 176 Å².